The predicted molar refractivity (Wildman–Crippen MR) is 78.8 cm³/mol. The Morgan fingerprint density at radius 1 is 1.35 bits per heavy atom. The Kier molecular flexibility index (Phi) is 3.42. The lowest BCUT2D eigenvalue weighted by Gasteiger charge is -2.28. The molecule has 3 heterocycles. The molecule has 0 N–H and O–H groups in total. The number of fused-ring (bicyclic) bond motifs is 1. The highest BCUT2D eigenvalue weighted by Gasteiger charge is 2.20. The van der Waals surface area contributed by atoms with Gasteiger partial charge in [-0.25, -0.2) is 4.98 Å². The van der Waals surface area contributed by atoms with Gasteiger partial charge >= 0.3 is 0 Å². The van der Waals surface area contributed by atoms with Crippen molar-refractivity contribution < 1.29 is 0 Å². The van der Waals surface area contributed by atoms with Gasteiger partial charge in [-0.05, 0) is 37.8 Å². The number of rotatable bonds is 3. The highest BCUT2D eigenvalue weighted by molar-refractivity contribution is 5.39. The number of hydrogen-bond donors (Lipinski definition) is 0. The summed E-state index contributed by atoms with van der Waals surface area (Å²) in [6, 6.07) is 2.12. The van der Waals surface area contributed by atoms with Crippen molar-refractivity contribution in [1.82, 2.24) is 19.7 Å². The highest BCUT2D eigenvalue weighted by atomic mass is 15.2. The van der Waals surface area contributed by atoms with Crippen molar-refractivity contribution in [2.75, 3.05) is 18.5 Å². The molecule has 0 fully saturated rings. The van der Waals surface area contributed by atoms with Crippen LogP contribution in [-0.4, -0.2) is 33.3 Å². The zero-order valence-corrected chi connectivity index (χ0v) is 12.4. The third-order valence-electron chi connectivity index (χ3n) is 4.17. The molecule has 106 valence electrons. The summed E-state index contributed by atoms with van der Waals surface area (Å²) in [6.45, 7) is 6.14. The molecule has 0 aromatic carbocycles. The van der Waals surface area contributed by atoms with Crippen LogP contribution < -0.4 is 4.90 Å². The molecule has 0 aliphatic carbocycles. The standard InChI is InChI=1S/C15H21N5/c1-11-8-15(18-17-12(11)2)19(3)9-13-4-5-14-16-6-7-20(14)10-13/h6-8,13H,4-5,9-10H2,1-3H3/t13-/m0/s1. The van der Waals surface area contributed by atoms with E-state index in [4.69, 9.17) is 0 Å². The number of aryl methyl sites for hydroxylation is 3. The fraction of sp³-hybridized carbons (Fsp3) is 0.533. The first-order valence-electron chi connectivity index (χ1n) is 7.15. The van der Waals surface area contributed by atoms with Crippen molar-refractivity contribution in [2.24, 2.45) is 5.92 Å². The molecule has 1 aliphatic heterocycles. The molecule has 0 bridgehead atoms. The third kappa shape index (κ3) is 2.53. The van der Waals surface area contributed by atoms with Crippen molar-refractivity contribution >= 4 is 5.82 Å². The summed E-state index contributed by atoms with van der Waals surface area (Å²) in [5.74, 6) is 2.82. The van der Waals surface area contributed by atoms with Crippen LogP contribution in [0.15, 0.2) is 18.5 Å². The minimum Gasteiger partial charge on any atom is -0.358 e. The second-order valence-electron chi connectivity index (χ2n) is 5.75. The molecule has 0 spiro atoms. The molecule has 1 atom stereocenters. The minimum atomic E-state index is 0.644. The van der Waals surface area contributed by atoms with Crippen LogP contribution in [-0.2, 0) is 13.0 Å². The molecule has 1 aliphatic rings. The first-order chi connectivity index (χ1) is 9.63. The molecule has 5 heteroatoms. The van der Waals surface area contributed by atoms with Gasteiger partial charge in [0.2, 0.25) is 0 Å². The molecular weight excluding hydrogens is 250 g/mol. The number of aromatic nitrogens is 4. The van der Waals surface area contributed by atoms with Gasteiger partial charge in [-0.3, -0.25) is 0 Å². The summed E-state index contributed by atoms with van der Waals surface area (Å²) < 4.78 is 2.27. The second-order valence-corrected chi connectivity index (χ2v) is 5.75. The lowest BCUT2D eigenvalue weighted by atomic mass is 9.99. The molecule has 0 radical (unpaired) electrons. The quantitative estimate of drug-likeness (QED) is 0.856. The topological polar surface area (TPSA) is 46.8 Å². The van der Waals surface area contributed by atoms with Crippen LogP contribution in [0, 0.1) is 19.8 Å². The van der Waals surface area contributed by atoms with Gasteiger partial charge in [0.1, 0.15) is 5.82 Å². The summed E-state index contributed by atoms with van der Waals surface area (Å²) in [7, 11) is 2.10. The minimum absolute atomic E-state index is 0.644. The zero-order chi connectivity index (χ0) is 14.1. The van der Waals surface area contributed by atoms with E-state index in [1.165, 1.54) is 17.8 Å². The Balaban J connectivity index is 1.67. The van der Waals surface area contributed by atoms with Crippen LogP contribution in [0.1, 0.15) is 23.5 Å². The molecule has 5 nitrogen and oxygen atoms in total. The molecule has 20 heavy (non-hydrogen) atoms. The van der Waals surface area contributed by atoms with Crippen LogP contribution in [0.25, 0.3) is 0 Å². The van der Waals surface area contributed by atoms with Crippen molar-refractivity contribution in [3.05, 3.63) is 35.5 Å². The maximum atomic E-state index is 4.38. The molecule has 2 aromatic rings. The molecule has 0 saturated heterocycles. The summed E-state index contributed by atoms with van der Waals surface area (Å²) >= 11 is 0. The number of anilines is 1. The number of imidazole rings is 1. The van der Waals surface area contributed by atoms with E-state index >= 15 is 0 Å². The van der Waals surface area contributed by atoms with Crippen molar-refractivity contribution in [3.63, 3.8) is 0 Å². The van der Waals surface area contributed by atoms with E-state index in [1.807, 2.05) is 13.1 Å². The van der Waals surface area contributed by atoms with E-state index in [1.54, 1.807) is 0 Å². The summed E-state index contributed by atoms with van der Waals surface area (Å²) in [5.41, 5.74) is 2.20. The van der Waals surface area contributed by atoms with Gasteiger partial charge < -0.3 is 9.47 Å². The van der Waals surface area contributed by atoms with Gasteiger partial charge in [-0.2, -0.15) is 5.10 Å². The first-order valence-corrected chi connectivity index (χ1v) is 7.15. The fourth-order valence-corrected chi connectivity index (χ4v) is 2.79. The van der Waals surface area contributed by atoms with Crippen LogP contribution in [0.4, 0.5) is 5.82 Å². The normalized spacial score (nSPS) is 17.9. The van der Waals surface area contributed by atoms with Crippen molar-refractivity contribution in [1.29, 1.82) is 0 Å². The van der Waals surface area contributed by atoms with Gasteiger partial charge in [0.05, 0.1) is 5.69 Å². The van der Waals surface area contributed by atoms with E-state index in [0.29, 0.717) is 5.92 Å². The molecule has 0 saturated carbocycles. The van der Waals surface area contributed by atoms with Gasteiger partial charge in [0.25, 0.3) is 0 Å². The van der Waals surface area contributed by atoms with E-state index in [-0.39, 0.29) is 0 Å². The zero-order valence-electron chi connectivity index (χ0n) is 12.4. The Bertz CT molecular complexity index is 604. The van der Waals surface area contributed by atoms with Crippen LogP contribution >= 0.6 is 0 Å². The van der Waals surface area contributed by atoms with E-state index in [0.717, 1.165) is 31.0 Å². The van der Waals surface area contributed by atoms with Crippen molar-refractivity contribution in [3.8, 4) is 0 Å². The van der Waals surface area contributed by atoms with Crippen molar-refractivity contribution in [2.45, 2.75) is 33.2 Å². The largest absolute Gasteiger partial charge is 0.358 e. The molecule has 2 aromatic heterocycles. The lowest BCUT2D eigenvalue weighted by Crippen LogP contribution is -2.32. The van der Waals surface area contributed by atoms with E-state index in [9.17, 15) is 0 Å². The smallest absolute Gasteiger partial charge is 0.151 e. The monoisotopic (exact) mass is 271 g/mol. The van der Waals surface area contributed by atoms with Crippen LogP contribution in [0.3, 0.4) is 0 Å². The molecule has 0 unspecified atom stereocenters. The maximum absolute atomic E-state index is 4.38. The second kappa shape index (κ2) is 5.23. The molecule has 0 amide bonds. The molecule has 3 rings (SSSR count). The Hall–Kier alpha value is -1.91. The average Bonchev–Trinajstić information content (AvgIpc) is 2.89. The van der Waals surface area contributed by atoms with Gasteiger partial charge in [-0.1, -0.05) is 0 Å². The first kappa shape index (κ1) is 13.1. The predicted octanol–water partition coefficient (Wildman–Crippen LogP) is 1.99. The van der Waals surface area contributed by atoms with Gasteiger partial charge in [-0.15, -0.1) is 5.10 Å². The summed E-state index contributed by atoms with van der Waals surface area (Å²) in [6.07, 6.45) is 6.25. The fourth-order valence-electron chi connectivity index (χ4n) is 2.79. The number of nitrogens with zero attached hydrogens (tertiary/aromatic N) is 5. The van der Waals surface area contributed by atoms with Crippen LogP contribution in [0.5, 0.6) is 0 Å². The SMILES string of the molecule is Cc1cc(N(C)C[C@@H]2CCc3nccn3C2)nnc1C. The third-order valence-corrected chi connectivity index (χ3v) is 4.17. The van der Waals surface area contributed by atoms with E-state index < -0.39 is 0 Å². The highest BCUT2D eigenvalue weighted by Crippen LogP contribution is 2.21. The van der Waals surface area contributed by atoms with Gasteiger partial charge in [0, 0.05) is 39.0 Å². The van der Waals surface area contributed by atoms with Gasteiger partial charge in [0.15, 0.2) is 5.82 Å². The Morgan fingerprint density at radius 2 is 2.20 bits per heavy atom. The Labute approximate surface area is 119 Å². The summed E-state index contributed by atoms with van der Waals surface area (Å²) in [4.78, 5) is 6.59. The summed E-state index contributed by atoms with van der Waals surface area (Å²) in [5, 5.41) is 8.51. The lowest BCUT2D eigenvalue weighted by molar-refractivity contribution is 0.368. The van der Waals surface area contributed by atoms with E-state index in [2.05, 4.69) is 50.9 Å². The molecular formula is C15H21N5. The maximum Gasteiger partial charge on any atom is 0.151 e. The average molecular weight is 271 g/mol. The number of hydrogen-bond acceptors (Lipinski definition) is 4. The van der Waals surface area contributed by atoms with Crippen LogP contribution in [0.2, 0.25) is 0 Å². The Morgan fingerprint density at radius 3 is 3.00 bits per heavy atom.